The third-order valence-electron chi connectivity index (χ3n) is 4.33. The fourth-order valence-corrected chi connectivity index (χ4v) is 4.97. The van der Waals surface area contributed by atoms with Crippen molar-refractivity contribution in [3.63, 3.8) is 0 Å². The fraction of sp³-hybridized carbons (Fsp3) is 0.429. The highest BCUT2D eigenvalue weighted by atomic mass is 32.2. The topological polar surface area (TPSA) is 30.5 Å². The van der Waals surface area contributed by atoms with Crippen LogP contribution in [0.2, 0.25) is 0 Å². The molecule has 0 saturated heterocycles. The summed E-state index contributed by atoms with van der Waals surface area (Å²) in [6, 6.07) is 15.0. The van der Waals surface area contributed by atoms with Gasteiger partial charge in [-0.2, -0.15) is 0 Å². The van der Waals surface area contributed by atoms with E-state index in [9.17, 15) is 0 Å². The predicted octanol–water partition coefficient (Wildman–Crippen LogP) is 4.87. The van der Waals surface area contributed by atoms with Crippen LogP contribution in [0.1, 0.15) is 12.5 Å². The van der Waals surface area contributed by atoms with Gasteiger partial charge in [0.15, 0.2) is 0 Å². The van der Waals surface area contributed by atoms with E-state index in [2.05, 4.69) is 49.5 Å². The van der Waals surface area contributed by atoms with Crippen molar-refractivity contribution in [2.75, 3.05) is 31.8 Å². The molecule has 26 heavy (non-hydrogen) atoms. The summed E-state index contributed by atoms with van der Waals surface area (Å²) in [6.07, 6.45) is 0. The molecule has 1 N–H and O–H groups in total. The Morgan fingerprint density at radius 2 is 2.15 bits per heavy atom. The number of fused-ring (bicyclic) bond motifs is 1. The summed E-state index contributed by atoms with van der Waals surface area (Å²) in [7, 11) is 1.73. The van der Waals surface area contributed by atoms with Gasteiger partial charge in [-0.15, -0.1) is 23.5 Å². The minimum absolute atomic E-state index is 0.381. The van der Waals surface area contributed by atoms with E-state index in [-0.39, 0.29) is 0 Å². The number of aryl methyl sites for hydroxylation is 1. The molecule has 1 heterocycles. The molecule has 0 aliphatic carbocycles. The molecule has 0 spiro atoms. The first kappa shape index (κ1) is 19.5. The van der Waals surface area contributed by atoms with Crippen molar-refractivity contribution in [2.24, 2.45) is 5.92 Å². The summed E-state index contributed by atoms with van der Waals surface area (Å²) in [5.74, 6) is 4.66. The molecule has 0 radical (unpaired) electrons. The lowest BCUT2D eigenvalue weighted by molar-refractivity contribution is 0.270. The Morgan fingerprint density at radius 3 is 3.00 bits per heavy atom. The molecule has 0 amide bonds. The Kier molecular flexibility index (Phi) is 7.17. The van der Waals surface area contributed by atoms with Gasteiger partial charge in [-0.3, -0.25) is 0 Å². The van der Waals surface area contributed by atoms with E-state index >= 15 is 0 Å². The molecule has 3 rings (SSSR count). The second-order valence-corrected chi connectivity index (χ2v) is 8.87. The highest BCUT2D eigenvalue weighted by Gasteiger charge is 2.18. The maximum atomic E-state index is 6.00. The van der Waals surface area contributed by atoms with Crippen LogP contribution in [0.5, 0.6) is 11.5 Å². The highest BCUT2D eigenvalue weighted by Crippen LogP contribution is 2.33. The van der Waals surface area contributed by atoms with Gasteiger partial charge in [0.1, 0.15) is 18.1 Å². The largest absolute Gasteiger partial charge is 0.496 e. The van der Waals surface area contributed by atoms with Crippen molar-refractivity contribution in [1.29, 1.82) is 0 Å². The Labute approximate surface area is 165 Å². The van der Waals surface area contributed by atoms with Gasteiger partial charge in [0.25, 0.3) is 0 Å². The quantitative estimate of drug-likeness (QED) is 0.682. The molecule has 2 atom stereocenters. The molecular weight excluding hydrogens is 362 g/mol. The van der Waals surface area contributed by atoms with Crippen LogP contribution in [-0.4, -0.2) is 37.8 Å². The van der Waals surface area contributed by atoms with Crippen molar-refractivity contribution in [3.05, 3.63) is 48.0 Å². The molecule has 2 unspecified atom stereocenters. The SMILES string of the molecule is COc1ccccc1SCC(C)CNC1COc2ccc(C)cc2SC1. The normalized spacial score (nSPS) is 17.7. The lowest BCUT2D eigenvalue weighted by Gasteiger charge is -2.19. The summed E-state index contributed by atoms with van der Waals surface area (Å²) in [5, 5.41) is 3.69. The van der Waals surface area contributed by atoms with Crippen LogP contribution in [0.15, 0.2) is 52.3 Å². The van der Waals surface area contributed by atoms with Crippen molar-refractivity contribution < 1.29 is 9.47 Å². The van der Waals surface area contributed by atoms with Crippen LogP contribution >= 0.6 is 23.5 Å². The third-order valence-corrected chi connectivity index (χ3v) is 6.91. The van der Waals surface area contributed by atoms with E-state index in [1.54, 1.807) is 7.11 Å². The zero-order chi connectivity index (χ0) is 18.4. The first-order valence-electron chi connectivity index (χ1n) is 9.01. The number of nitrogens with one attached hydrogen (secondary N) is 1. The van der Waals surface area contributed by atoms with E-state index in [0.29, 0.717) is 12.0 Å². The Bertz CT molecular complexity index is 723. The number of methoxy groups -OCH3 is 1. The van der Waals surface area contributed by atoms with Gasteiger partial charge in [0.2, 0.25) is 0 Å². The summed E-state index contributed by atoms with van der Waals surface area (Å²) in [4.78, 5) is 2.47. The first-order chi connectivity index (χ1) is 12.7. The lowest BCUT2D eigenvalue weighted by Crippen LogP contribution is -2.39. The molecule has 140 valence electrons. The Morgan fingerprint density at radius 1 is 1.31 bits per heavy atom. The van der Waals surface area contributed by atoms with Crippen LogP contribution in [0, 0.1) is 12.8 Å². The van der Waals surface area contributed by atoms with Gasteiger partial charge in [-0.1, -0.05) is 25.1 Å². The molecule has 0 fully saturated rings. The van der Waals surface area contributed by atoms with Crippen molar-refractivity contribution in [2.45, 2.75) is 29.7 Å². The molecule has 1 aliphatic heterocycles. The molecule has 5 heteroatoms. The standard InChI is InChI=1S/C21H27NO2S2/c1-15-8-9-19-21(10-15)26-14-17(12-24-19)22-11-16(2)13-25-20-7-5-4-6-18(20)23-3/h4-10,16-17,22H,11-14H2,1-3H3. The number of hydrogen-bond acceptors (Lipinski definition) is 5. The van der Waals surface area contributed by atoms with Gasteiger partial charge in [0, 0.05) is 21.3 Å². The van der Waals surface area contributed by atoms with E-state index < -0.39 is 0 Å². The number of para-hydroxylation sites is 1. The number of rotatable bonds is 7. The van der Waals surface area contributed by atoms with E-state index in [4.69, 9.17) is 9.47 Å². The molecule has 0 bridgehead atoms. The van der Waals surface area contributed by atoms with Crippen molar-refractivity contribution >= 4 is 23.5 Å². The zero-order valence-electron chi connectivity index (χ0n) is 15.7. The molecule has 2 aromatic rings. The summed E-state index contributed by atoms with van der Waals surface area (Å²) >= 11 is 3.75. The summed E-state index contributed by atoms with van der Waals surface area (Å²) in [6.45, 7) is 6.14. The third kappa shape index (κ3) is 5.35. The summed E-state index contributed by atoms with van der Waals surface area (Å²) < 4.78 is 11.4. The van der Waals surface area contributed by atoms with Crippen LogP contribution < -0.4 is 14.8 Å². The maximum Gasteiger partial charge on any atom is 0.132 e. The maximum absolute atomic E-state index is 6.00. The zero-order valence-corrected chi connectivity index (χ0v) is 17.3. The molecule has 3 nitrogen and oxygen atoms in total. The smallest absolute Gasteiger partial charge is 0.132 e. The van der Waals surface area contributed by atoms with Crippen LogP contribution in [0.25, 0.3) is 0 Å². The average molecular weight is 390 g/mol. The number of hydrogen-bond donors (Lipinski definition) is 1. The molecular formula is C21H27NO2S2. The van der Waals surface area contributed by atoms with Gasteiger partial charge in [-0.05, 0) is 49.2 Å². The number of thioether (sulfide) groups is 2. The highest BCUT2D eigenvalue weighted by molar-refractivity contribution is 7.99. The molecule has 1 aliphatic rings. The van der Waals surface area contributed by atoms with Crippen LogP contribution in [-0.2, 0) is 0 Å². The predicted molar refractivity (Wildman–Crippen MR) is 112 cm³/mol. The van der Waals surface area contributed by atoms with E-state index in [1.807, 2.05) is 35.7 Å². The molecule has 2 aromatic carbocycles. The van der Waals surface area contributed by atoms with Gasteiger partial charge in [0.05, 0.1) is 13.2 Å². The van der Waals surface area contributed by atoms with Crippen LogP contribution in [0.3, 0.4) is 0 Å². The fourth-order valence-electron chi connectivity index (χ4n) is 2.79. The van der Waals surface area contributed by atoms with Gasteiger partial charge in [-0.25, -0.2) is 0 Å². The van der Waals surface area contributed by atoms with Gasteiger partial charge >= 0.3 is 0 Å². The Hall–Kier alpha value is -1.30. The second kappa shape index (κ2) is 9.58. The minimum Gasteiger partial charge on any atom is -0.496 e. The molecule has 0 aromatic heterocycles. The van der Waals surface area contributed by atoms with E-state index in [0.717, 1.165) is 36.2 Å². The summed E-state index contributed by atoms with van der Waals surface area (Å²) in [5.41, 5.74) is 1.29. The van der Waals surface area contributed by atoms with Crippen LogP contribution in [0.4, 0.5) is 0 Å². The van der Waals surface area contributed by atoms with Gasteiger partial charge < -0.3 is 14.8 Å². The monoisotopic (exact) mass is 389 g/mol. The average Bonchev–Trinajstić information content (AvgIpc) is 2.86. The van der Waals surface area contributed by atoms with Crippen molar-refractivity contribution in [1.82, 2.24) is 5.32 Å². The Balaban J connectivity index is 1.44. The van der Waals surface area contributed by atoms with Crippen molar-refractivity contribution in [3.8, 4) is 11.5 Å². The number of benzene rings is 2. The minimum atomic E-state index is 0.381. The number of ether oxygens (including phenoxy) is 2. The van der Waals surface area contributed by atoms with E-state index in [1.165, 1.54) is 15.4 Å². The second-order valence-electron chi connectivity index (χ2n) is 6.74. The molecule has 0 saturated carbocycles. The first-order valence-corrected chi connectivity index (χ1v) is 11.0. The lowest BCUT2D eigenvalue weighted by atomic mass is 10.2.